The number of nitrogens with zero attached hydrogens (tertiary/aromatic N) is 3. The van der Waals surface area contributed by atoms with E-state index in [0.717, 1.165) is 35.0 Å². The number of thiazole rings is 1. The molecule has 0 amide bonds. The van der Waals surface area contributed by atoms with Crippen LogP contribution in [0.15, 0.2) is 35.7 Å². The van der Waals surface area contributed by atoms with Gasteiger partial charge in [-0.15, -0.1) is 11.3 Å². The van der Waals surface area contributed by atoms with E-state index in [9.17, 15) is 0 Å². The summed E-state index contributed by atoms with van der Waals surface area (Å²) in [7, 11) is 0. The first-order valence-corrected chi connectivity index (χ1v) is 8.62. The molecule has 0 atom stereocenters. The summed E-state index contributed by atoms with van der Waals surface area (Å²) in [5.74, 6) is 1.43. The van der Waals surface area contributed by atoms with Gasteiger partial charge in [-0.2, -0.15) is 0 Å². The molecule has 6 heteroatoms. The van der Waals surface area contributed by atoms with Crippen LogP contribution >= 0.6 is 22.9 Å². The van der Waals surface area contributed by atoms with Crippen LogP contribution in [0.2, 0.25) is 5.15 Å². The number of rotatable bonds is 5. The van der Waals surface area contributed by atoms with Gasteiger partial charge in [0.15, 0.2) is 0 Å². The molecule has 0 bridgehead atoms. The molecule has 0 fully saturated rings. The summed E-state index contributed by atoms with van der Waals surface area (Å²) in [5, 5.41) is 6.92. The molecule has 0 aliphatic heterocycles. The van der Waals surface area contributed by atoms with Gasteiger partial charge in [0.25, 0.3) is 0 Å². The topological polar surface area (TPSA) is 50.7 Å². The standard InChI is InChI=1S/C17H17ClN4S/c1-11-20-16(18)9-17(21-11)19-8-7-13-3-5-14(6-4-13)15-10-23-12(2)22-15/h3-6,9-10H,7-8H2,1-2H3,(H,19,20,21). The molecular formula is C17H17ClN4S. The predicted molar refractivity (Wildman–Crippen MR) is 96.3 cm³/mol. The molecule has 0 aliphatic carbocycles. The van der Waals surface area contributed by atoms with Gasteiger partial charge in [-0.05, 0) is 25.8 Å². The first-order valence-electron chi connectivity index (χ1n) is 7.36. The number of hydrogen-bond donors (Lipinski definition) is 1. The van der Waals surface area contributed by atoms with Crippen molar-refractivity contribution in [2.24, 2.45) is 0 Å². The lowest BCUT2D eigenvalue weighted by atomic mass is 10.1. The fourth-order valence-electron chi connectivity index (χ4n) is 2.29. The van der Waals surface area contributed by atoms with Crippen molar-refractivity contribution in [3.8, 4) is 11.3 Å². The highest BCUT2D eigenvalue weighted by Gasteiger charge is 2.03. The Balaban J connectivity index is 1.58. The summed E-state index contributed by atoms with van der Waals surface area (Å²) in [6, 6.07) is 10.3. The Morgan fingerprint density at radius 2 is 1.87 bits per heavy atom. The molecule has 0 saturated carbocycles. The van der Waals surface area contributed by atoms with Crippen molar-refractivity contribution >= 4 is 28.8 Å². The van der Waals surface area contributed by atoms with Crippen molar-refractivity contribution in [1.82, 2.24) is 15.0 Å². The number of anilines is 1. The monoisotopic (exact) mass is 344 g/mol. The zero-order valence-corrected chi connectivity index (χ0v) is 14.6. The molecule has 2 heterocycles. The lowest BCUT2D eigenvalue weighted by molar-refractivity contribution is 0.981. The highest BCUT2D eigenvalue weighted by atomic mass is 35.5. The van der Waals surface area contributed by atoms with Gasteiger partial charge in [-0.3, -0.25) is 0 Å². The largest absolute Gasteiger partial charge is 0.370 e. The normalized spacial score (nSPS) is 10.7. The molecule has 2 aromatic heterocycles. The minimum absolute atomic E-state index is 0.461. The van der Waals surface area contributed by atoms with Gasteiger partial charge < -0.3 is 5.32 Å². The number of aromatic nitrogens is 3. The average molecular weight is 345 g/mol. The van der Waals surface area contributed by atoms with E-state index in [-0.39, 0.29) is 0 Å². The van der Waals surface area contributed by atoms with Crippen LogP contribution in [0.25, 0.3) is 11.3 Å². The van der Waals surface area contributed by atoms with Gasteiger partial charge in [0.05, 0.1) is 10.7 Å². The summed E-state index contributed by atoms with van der Waals surface area (Å²) >= 11 is 7.60. The van der Waals surface area contributed by atoms with Crippen LogP contribution in [0, 0.1) is 13.8 Å². The van der Waals surface area contributed by atoms with E-state index in [0.29, 0.717) is 11.0 Å². The Labute approximate surface area is 144 Å². The first kappa shape index (κ1) is 15.9. The van der Waals surface area contributed by atoms with Gasteiger partial charge in [0.2, 0.25) is 0 Å². The number of nitrogens with one attached hydrogen (secondary N) is 1. The Morgan fingerprint density at radius 3 is 2.52 bits per heavy atom. The van der Waals surface area contributed by atoms with E-state index < -0.39 is 0 Å². The highest BCUT2D eigenvalue weighted by Crippen LogP contribution is 2.22. The van der Waals surface area contributed by atoms with Crippen LogP contribution < -0.4 is 5.32 Å². The maximum Gasteiger partial charge on any atom is 0.134 e. The number of hydrogen-bond acceptors (Lipinski definition) is 5. The number of halogens is 1. The predicted octanol–water partition coefficient (Wildman–Crippen LogP) is 4.52. The molecule has 1 aromatic carbocycles. The summed E-state index contributed by atoms with van der Waals surface area (Å²) in [4.78, 5) is 12.9. The van der Waals surface area contributed by atoms with Crippen molar-refractivity contribution in [3.63, 3.8) is 0 Å². The average Bonchev–Trinajstić information content (AvgIpc) is 2.93. The third-order valence-corrected chi connectivity index (χ3v) is 4.36. The van der Waals surface area contributed by atoms with E-state index in [1.807, 2.05) is 13.8 Å². The van der Waals surface area contributed by atoms with E-state index in [2.05, 4.69) is 49.9 Å². The van der Waals surface area contributed by atoms with Crippen LogP contribution in [0.3, 0.4) is 0 Å². The molecular weight excluding hydrogens is 328 g/mol. The maximum atomic E-state index is 5.93. The van der Waals surface area contributed by atoms with Crippen LogP contribution in [-0.4, -0.2) is 21.5 Å². The van der Waals surface area contributed by atoms with Crippen molar-refractivity contribution in [2.75, 3.05) is 11.9 Å². The quantitative estimate of drug-likeness (QED) is 0.691. The highest BCUT2D eigenvalue weighted by molar-refractivity contribution is 7.09. The molecule has 0 saturated heterocycles. The fourth-order valence-corrected chi connectivity index (χ4v) is 3.14. The zero-order valence-electron chi connectivity index (χ0n) is 13.0. The Hall–Kier alpha value is -1.98. The molecule has 0 spiro atoms. The smallest absolute Gasteiger partial charge is 0.134 e. The Bertz CT molecular complexity index is 778. The molecule has 118 valence electrons. The van der Waals surface area contributed by atoms with Crippen LogP contribution in [-0.2, 0) is 6.42 Å². The van der Waals surface area contributed by atoms with Gasteiger partial charge in [0.1, 0.15) is 16.8 Å². The van der Waals surface area contributed by atoms with Crippen molar-refractivity contribution in [2.45, 2.75) is 20.3 Å². The second-order valence-electron chi connectivity index (χ2n) is 5.25. The minimum Gasteiger partial charge on any atom is -0.370 e. The Morgan fingerprint density at radius 1 is 1.09 bits per heavy atom. The van der Waals surface area contributed by atoms with Crippen LogP contribution in [0.4, 0.5) is 5.82 Å². The Kier molecular flexibility index (Phi) is 4.88. The van der Waals surface area contributed by atoms with Gasteiger partial charge in [-0.25, -0.2) is 15.0 Å². The van der Waals surface area contributed by atoms with Gasteiger partial charge in [0, 0.05) is 23.6 Å². The number of aryl methyl sites for hydroxylation is 2. The van der Waals surface area contributed by atoms with Gasteiger partial charge >= 0.3 is 0 Å². The molecule has 4 nitrogen and oxygen atoms in total. The fraction of sp³-hybridized carbons (Fsp3) is 0.235. The zero-order chi connectivity index (χ0) is 16.2. The van der Waals surface area contributed by atoms with Crippen molar-refractivity contribution in [1.29, 1.82) is 0 Å². The van der Waals surface area contributed by atoms with Crippen LogP contribution in [0.5, 0.6) is 0 Å². The molecule has 0 unspecified atom stereocenters. The van der Waals surface area contributed by atoms with E-state index in [1.165, 1.54) is 5.56 Å². The van der Waals surface area contributed by atoms with Gasteiger partial charge in [-0.1, -0.05) is 35.9 Å². The summed E-state index contributed by atoms with van der Waals surface area (Å²) < 4.78 is 0. The van der Waals surface area contributed by atoms with Crippen molar-refractivity contribution in [3.05, 3.63) is 57.3 Å². The third kappa shape index (κ3) is 4.27. The first-order chi connectivity index (χ1) is 11.1. The molecule has 1 N–H and O–H groups in total. The molecule has 0 radical (unpaired) electrons. The van der Waals surface area contributed by atoms with Crippen LogP contribution in [0.1, 0.15) is 16.4 Å². The molecule has 23 heavy (non-hydrogen) atoms. The van der Waals surface area contributed by atoms with Crippen molar-refractivity contribution < 1.29 is 0 Å². The third-order valence-electron chi connectivity index (χ3n) is 3.40. The summed E-state index contributed by atoms with van der Waals surface area (Å²) in [6.07, 6.45) is 0.914. The molecule has 0 aliphatic rings. The molecule has 3 aromatic rings. The molecule has 3 rings (SSSR count). The second kappa shape index (κ2) is 7.06. The minimum atomic E-state index is 0.461. The lowest BCUT2D eigenvalue weighted by Gasteiger charge is -2.07. The lowest BCUT2D eigenvalue weighted by Crippen LogP contribution is -2.07. The second-order valence-corrected chi connectivity index (χ2v) is 6.70. The van der Waals surface area contributed by atoms with E-state index in [4.69, 9.17) is 11.6 Å². The SMILES string of the molecule is Cc1nc(Cl)cc(NCCc2ccc(-c3csc(C)n3)cc2)n1. The summed E-state index contributed by atoms with van der Waals surface area (Å²) in [5.41, 5.74) is 3.47. The van der Waals surface area contributed by atoms with E-state index >= 15 is 0 Å². The maximum absolute atomic E-state index is 5.93. The summed E-state index contributed by atoms with van der Waals surface area (Å²) in [6.45, 7) is 4.65. The number of benzene rings is 1. The van der Waals surface area contributed by atoms with E-state index in [1.54, 1.807) is 17.4 Å².